The van der Waals surface area contributed by atoms with Crippen LogP contribution in [0.4, 0.5) is 0 Å². The van der Waals surface area contributed by atoms with E-state index in [4.69, 9.17) is 0 Å². The van der Waals surface area contributed by atoms with Gasteiger partial charge in [-0.3, -0.25) is 4.57 Å². The molecular weight excluding hydrogens is 2320 g/mol. The summed E-state index contributed by atoms with van der Waals surface area (Å²) >= 11 is 0. The molecule has 9 unspecified atom stereocenters. The maximum Gasteiger partial charge on any atom is 2.00 e. The second kappa shape index (κ2) is 27.2. The molecule has 3 saturated carbocycles. The molecule has 9 atom stereocenters. The third-order valence-electron chi connectivity index (χ3n) is 34.2. The van der Waals surface area contributed by atoms with Gasteiger partial charge in [0.1, 0.15) is 33.1 Å². The van der Waals surface area contributed by atoms with Crippen LogP contribution in [0.2, 0.25) is 0 Å². The van der Waals surface area contributed by atoms with Crippen LogP contribution in [0.1, 0.15) is 109 Å². The van der Waals surface area contributed by atoms with E-state index >= 15 is 0 Å². The second-order valence-corrected chi connectivity index (χ2v) is 39.3. The Kier molecular flexibility index (Phi) is 15.7. The average molecular weight is 2400 g/mol. The Hall–Kier alpha value is -12.5. The third kappa shape index (κ3) is 8.90. The topological polar surface area (TPSA) is 52.9 Å². The van der Waals surface area contributed by atoms with Gasteiger partial charge in [0.05, 0.1) is 50.9 Å². The van der Waals surface area contributed by atoms with Crippen molar-refractivity contribution in [2.75, 3.05) is 0 Å². The molecule has 6 aliphatic carbocycles. The van der Waals surface area contributed by atoms with Gasteiger partial charge in [-0.15, -0.1) is 41.0 Å². The summed E-state index contributed by atoms with van der Waals surface area (Å²) in [6.07, 6.45) is 18.2. The van der Waals surface area contributed by atoms with Crippen LogP contribution in [0.25, 0.3) is 200 Å². The van der Waals surface area contributed by atoms with Crippen molar-refractivity contribution < 1.29 is 121 Å². The summed E-state index contributed by atoms with van der Waals surface area (Å²) < 4.78 is 31.6. The summed E-state index contributed by atoms with van der Waals surface area (Å²) in [6.45, 7) is 0. The maximum absolute atomic E-state index is 4.06. The average Bonchev–Trinajstić information content (AvgIpc) is 1.48. The van der Waals surface area contributed by atoms with Crippen molar-refractivity contribution in [3.05, 3.63) is 398 Å². The first kappa shape index (κ1) is 77.8. The van der Waals surface area contributed by atoms with Gasteiger partial charge in [-0.1, -0.05) is 123 Å². The van der Waals surface area contributed by atoms with Gasteiger partial charge in [-0.05, 0) is 175 Å². The number of para-hydroxylation sites is 6. The fraction of sp³-hybridized carbons (Fsp3) is 0.150. The molecule has 36 rings (SSSR count). The van der Waals surface area contributed by atoms with Gasteiger partial charge in [-0.25, -0.2) is 41.5 Å². The molecule has 624 valence electrons. The summed E-state index contributed by atoms with van der Waals surface area (Å²) in [5, 5.41) is 15.7. The van der Waals surface area contributed by atoms with Crippen molar-refractivity contribution in [2.45, 2.75) is 92.5 Å². The van der Waals surface area contributed by atoms with Crippen LogP contribution in [-0.4, -0.2) is 27.4 Å². The van der Waals surface area contributed by atoms with E-state index < -0.39 is 0 Å². The van der Waals surface area contributed by atoms with Crippen molar-refractivity contribution in [2.24, 2.45) is 17.8 Å². The molecule has 18 heterocycles. The molecule has 12 aromatic carbocycles. The van der Waals surface area contributed by atoms with E-state index in [0.717, 1.165) is 33.4 Å². The predicted molar refractivity (Wildman–Crippen MR) is 514 cm³/mol. The molecule has 0 bridgehead atoms. The number of pyridine rings is 6. The van der Waals surface area contributed by atoms with E-state index in [-0.39, 0.29) is 110 Å². The van der Waals surface area contributed by atoms with Crippen LogP contribution >= 0.6 is 0 Å². The minimum atomic E-state index is -0.381. The first-order valence-corrected chi connectivity index (χ1v) is 47.6. The summed E-state index contributed by atoms with van der Waals surface area (Å²) in [5.74, 6) is 6.54. The van der Waals surface area contributed by atoms with Crippen molar-refractivity contribution in [1.29, 1.82) is 0 Å². The van der Waals surface area contributed by atoms with Gasteiger partial charge in [-0.2, -0.15) is 145 Å². The Bertz CT molecular complexity index is 9200. The zero-order valence-electron chi connectivity index (χ0n) is 73.4. The number of rotatable bonds is 3. The number of benzene rings is 12. The standard InChI is InChI=1S/3C40H26N4.3U/c2*1-2-10-24(11-3-1)25-22-31-26-14-8-16-32(26)40-37(31)35(23-25)42-33-17-6-4-13-28(33)30-19-20-36(44(40)39(30)42)43-34-18-7-5-12-27(34)29-15-9-21-41(40)38(29)43;1-2-10-24(11-3-1)25-19-20-29-26-14-8-16-32(26)40-36(29)37(25)43-34-18-7-5-13-28(34)31-21-22-35(44(40)39(31)43)42-33-17-6-4-12-27(33)30-15-9-23-41(40)38(30)42;;;/h1-7,9-10,12-13,15,17-21,23,26,32H,8,14,16H2;1-7,9-10,12-13,15,17-22,26,32H,8,14,16H2;1-7,9-10,12-13,15,17-18,20-23,26,32H,8,14,16H2;;;/q;;;3*+2. The number of fused-ring (bicyclic) bond motifs is 30. The van der Waals surface area contributed by atoms with Gasteiger partial charge >= 0.3 is 99.0 Å². The van der Waals surface area contributed by atoms with Crippen LogP contribution in [0, 0.1) is 147 Å². The van der Waals surface area contributed by atoms with E-state index in [1.54, 1.807) is 0 Å². The zero-order valence-corrected chi connectivity index (χ0v) is 85.9. The zero-order chi connectivity index (χ0) is 84.9. The fourth-order valence-electron chi connectivity index (χ4n) is 30.0. The number of nitrogens with zero attached hydrogens (tertiary/aromatic N) is 12. The molecule has 12 nitrogen and oxygen atoms in total. The van der Waals surface area contributed by atoms with E-state index in [1.165, 1.54) is 257 Å². The summed E-state index contributed by atoms with van der Waals surface area (Å²) in [6, 6.07) is 137. The van der Waals surface area contributed by atoms with E-state index in [0.29, 0.717) is 35.5 Å². The van der Waals surface area contributed by atoms with E-state index in [2.05, 4.69) is 401 Å². The van der Waals surface area contributed by atoms with Crippen LogP contribution in [-0.2, 0) is 17.0 Å². The van der Waals surface area contributed by atoms with Gasteiger partial charge in [0.15, 0.2) is 0 Å². The Morgan fingerprint density at radius 3 is 1.10 bits per heavy atom. The normalized spacial score (nSPS) is 21.4. The molecule has 12 aromatic heterocycles. The molecule has 15 heteroatoms. The van der Waals surface area contributed by atoms with Gasteiger partial charge < -0.3 is 0 Å². The molecule has 0 saturated heterocycles. The Morgan fingerprint density at radius 2 is 0.637 bits per heavy atom. The van der Waals surface area contributed by atoms with Crippen LogP contribution in [0.5, 0.6) is 0 Å². The SMILES string of the molecule is [U+2].[U+2].[U+2].[c-]1ccccc1-c1[c-]c2c3c(c1)-n1c4ccccc4c4ccc5[n+](c41)C3(C1CCCC21)[n+]1cccc2c3ccccc3n-5c21.[c-]1ccccc1-c1[c-]c2c3c(c1)C1CCCC1C31[n+]3cccc4c5ccccc5n(c43)-c3ccc4c5ccccc5n-2c4[n+]31.[c-]1ccccc1-c1[c-]cc2c3c1-n1c4ccccc4c4ccc5[n+](c41)C3(C1CCCC21)[n+]1cccc2c3ccccc3n-5c21. The quantitative estimate of drug-likeness (QED) is 0.125. The monoisotopic (exact) mass is 2400 g/mol. The molecular formula is C120H78N12U3+6. The third-order valence-corrected chi connectivity index (χ3v) is 34.2. The molecule has 3 fully saturated rings. The summed E-state index contributed by atoms with van der Waals surface area (Å²) in [7, 11) is 0. The minimum Gasteiger partial charge on any atom is -0.275 e. The second-order valence-electron chi connectivity index (χ2n) is 39.3. The van der Waals surface area contributed by atoms with Crippen LogP contribution in [0.3, 0.4) is 0 Å². The van der Waals surface area contributed by atoms with Gasteiger partial charge in [0.2, 0.25) is 34.1 Å². The molecule has 6 aliphatic heterocycles. The molecule has 12 aliphatic rings. The van der Waals surface area contributed by atoms with Crippen LogP contribution in [0.15, 0.2) is 328 Å². The summed E-state index contributed by atoms with van der Waals surface area (Å²) in [4.78, 5) is 0. The van der Waals surface area contributed by atoms with Crippen molar-refractivity contribution in [3.8, 4) is 67.9 Å². The summed E-state index contributed by atoms with van der Waals surface area (Å²) in [5.41, 5.74) is 33.4. The largest absolute Gasteiger partial charge is 2.00 e. The van der Waals surface area contributed by atoms with Crippen molar-refractivity contribution in [1.82, 2.24) is 27.4 Å². The number of hydrogen-bond acceptors (Lipinski definition) is 0. The van der Waals surface area contributed by atoms with Crippen molar-refractivity contribution >= 4 is 132 Å². The fourth-order valence-corrected chi connectivity index (χ4v) is 30.0. The van der Waals surface area contributed by atoms with Crippen molar-refractivity contribution in [3.63, 3.8) is 0 Å². The smallest absolute Gasteiger partial charge is 0.275 e. The number of aromatic nitrogens is 12. The Balaban J connectivity index is 0.0000000935. The Morgan fingerprint density at radius 1 is 0.274 bits per heavy atom. The Labute approximate surface area is 846 Å². The van der Waals surface area contributed by atoms with Gasteiger partial charge in [0, 0.05) is 79.6 Å². The predicted octanol–water partition coefficient (Wildman–Crippen LogP) is 22.5. The van der Waals surface area contributed by atoms with E-state index in [9.17, 15) is 0 Å². The molecule has 0 amide bonds. The maximum atomic E-state index is 4.06. The molecule has 135 heavy (non-hydrogen) atoms. The first-order chi connectivity index (χ1) is 65.6. The minimum absolute atomic E-state index is 0. The molecule has 0 radical (unpaired) electrons. The van der Waals surface area contributed by atoms with Gasteiger partial charge in [0.25, 0.3) is 28.6 Å². The molecule has 0 N–H and O–H groups in total. The first-order valence-electron chi connectivity index (χ1n) is 47.6. The van der Waals surface area contributed by atoms with E-state index in [1.807, 2.05) is 18.2 Å². The molecule has 3 spiro atoms. The molecule has 24 aromatic rings. The number of hydrogen-bond donors (Lipinski definition) is 0. The van der Waals surface area contributed by atoms with Crippen LogP contribution < -0.4 is 27.4 Å².